The van der Waals surface area contributed by atoms with Gasteiger partial charge >= 0.3 is 18.1 Å². The van der Waals surface area contributed by atoms with Gasteiger partial charge in [0.15, 0.2) is 5.60 Å². The monoisotopic (exact) mass is 749 g/mol. The first-order valence-electron chi connectivity index (χ1n) is 17.4. The molecule has 1 aliphatic heterocycles. The number of ether oxygens (including phenoxy) is 5. The predicted octanol–water partition coefficient (Wildman–Crippen LogP) is 9.17. The molecule has 2 unspecified atom stereocenters. The van der Waals surface area contributed by atoms with Crippen molar-refractivity contribution >= 4 is 24.6 Å². The first kappa shape index (κ1) is 55.6. The molecule has 0 bridgehead atoms. The number of esters is 2. The Morgan fingerprint density at radius 1 is 0.755 bits per heavy atom. The van der Waals surface area contributed by atoms with E-state index in [1.54, 1.807) is 111 Å². The smallest absolute Gasteiger partial charge is 0.461 e. The van der Waals surface area contributed by atoms with Crippen molar-refractivity contribution in [3.8, 4) is 35.5 Å². The van der Waals surface area contributed by atoms with Crippen LogP contribution in [0, 0.1) is 46.4 Å². The summed E-state index contributed by atoms with van der Waals surface area (Å²) in [4.78, 5) is 47.0. The largest absolute Gasteiger partial charge is 0.509 e. The molecule has 1 N–H and O–H groups in total. The van der Waals surface area contributed by atoms with Gasteiger partial charge in [-0.15, -0.1) is 0 Å². The SMILES string of the molecule is C.C=C(C)C(=O)OC(C)(C#CC#CC#CC)C1(C)C(C)(C)OC(=O)OC1(C)C.C=C(C)C(=O)OC(C)(C)C(C)(C(C)(C)O)C(C)(C)OC=O.CC.CC.[HH]. The highest BCUT2D eigenvalue weighted by atomic mass is 16.8. The normalized spacial score (nSPS) is 16.9. The van der Waals surface area contributed by atoms with Crippen LogP contribution in [0.25, 0.3) is 0 Å². The van der Waals surface area contributed by atoms with Gasteiger partial charge in [-0.3, -0.25) is 4.79 Å². The maximum Gasteiger partial charge on any atom is 0.509 e. The molecule has 0 saturated carbocycles. The highest BCUT2D eigenvalue weighted by Crippen LogP contribution is 2.57. The van der Waals surface area contributed by atoms with Gasteiger partial charge < -0.3 is 28.8 Å². The summed E-state index contributed by atoms with van der Waals surface area (Å²) in [5, 5.41) is 10.7. The Bertz CT molecular complexity index is 1470. The van der Waals surface area contributed by atoms with Crippen molar-refractivity contribution in [2.24, 2.45) is 10.8 Å². The maximum atomic E-state index is 12.4. The van der Waals surface area contributed by atoms with Crippen LogP contribution in [-0.4, -0.2) is 63.3 Å². The fourth-order valence-electron chi connectivity index (χ4n) is 6.17. The zero-order valence-corrected chi connectivity index (χ0v) is 35.6. The minimum atomic E-state index is -1.41. The molecule has 1 saturated heterocycles. The van der Waals surface area contributed by atoms with Crippen molar-refractivity contribution < 1.29 is 49.4 Å². The van der Waals surface area contributed by atoms with Crippen LogP contribution in [0.1, 0.15) is 147 Å². The van der Waals surface area contributed by atoms with E-state index in [4.69, 9.17) is 23.7 Å². The summed E-state index contributed by atoms with van der Waals surface area (Å²) in [5.41, 5.74) is -8.70. The van der Waals surface area contributed by atoms with Crippen molar-refractivity contribution in [2.75, 3.05) is 0 Å². The number of hydrogen-bond acceptors (Lipinski definition) is 10. The molecule has 0 aliphatic carbocycles. The highest BCUT2D eigenvalue weighted by Gasteiger charge is 2.70. The predicted molar refractivity (Wildman–Crippen MR) is 214 cm³/mol. The Morgan fingerprint density at radius 2 is 1.13 bits per heavy atom. The van der Waals surface area contributed by atoms with Crippen molar-refractivity contribution in [1.82, 2.24) is 0 Å². The zero-order valence-electron chi connectivity index (χ0n) is 35.6. The van der Waals surface area contributed by atoms with Crippen LogP contribution in [0.3, 0.4) is 0 Å². The first-order valence-corrected chi connectivity index (χ1v) is 17.4. The van der Waals surface area contributed by atoms with Crippen molar-refractivity contribution in [3.05, 3.63) is 24.3 Å². The Labute approximate surface area is 323 Å². The highest BCUT2D eigenvalue weighted by molar-refractivity contribution is 5.88. The molecule has 0 amide bonds. The topological polar surface area (TPSA) is 135 Å². The average Bonchev–Trinajstić information content (AvgIpc) is 2.99. The van der Waals surface area contributed by atoms with Gasteiger partial charge in [-0.05, 0) is 140 Å². The molecule has 0 aromatic rings. The van der Waals surface area contributed by atoms with Crippen LogP contribution in [0.4, 0.5) is 4.79 Å². The number of carbonyl (C=O) groups excluding carboxylic acids is 4. The van der Waals surface area contributed by atoms with E-state index in [-0.39, 0.29) is 20.0 Å². The van der Waals surface area contributed by atoms with Gasteiger partial charge in [-0.1, -0.05) is 54.2 Å². The zero-order chi connectivity index (χ0) is 42.4. The molecule has 1 fully saturated rings. The van der Waals surface area contributed by atoms with Crippen LogP contribution >= 0.6 is 0 Å². The number of aliphatic hydroxyl groups is 1. The summed E-state index contributed by atoms with van der Waals surface area (Å²) >= 11 is 0. The number of hydrogen-bond donors (Lipinski definition) is 1. The molecule has 10 nitrogen and oxygen atoms in total. The second-order valence-corrected chi connectivity index (χ2v) is 14.8. The van der Waals surface area contributed by atoms with E-state index >= 15 is 0 Å². The Kier molecular flexibility index (Phi) is 21.9. The number of carbonyl (C=O) groups is 4. The number of rotatable bonds is 10. The molecular weight excluding hydrogens is 676 g/mol. The van der Waals surface area contributed by atoms with Gasteiger partial charge in [-0.2, -0.15) is 0 Å². The molecular formula is C43H72O10. The van der Waals surface area contributed by atoms with Gasteiger partial charge in [0, 0.05) is 12.6 Å². The van der Waals surface area contributed by atoms with Gasteiger partial charge in [0.05, 0.1) is 16.4 Å². The summed E-state index contributed by atoms with van der Waals surface area (Å²) in [6.45, 7) is 42.3. The van der Waals surface area contributed by atoms with Gasteiger partial charge in [0.1, 0.15) is 22.4 Å². The number of cyclic esters (lactones) is 2. The molecule has 1 rings (SSSR count). The molecule has 304 valence electrons. The Balaban J connectivity index is -0.000000269. The van der Waals surface area contributed by atoms with E-state index < -0.39 is 62.5 Å². The summed E-state index contributed by atoms with van der Waals surface area (Å²) in [7, 11) is 0. The second kappa shape index (κ2) is 20.9. The molecule has 1 aliphatic rings. The fraction of sp³-hybridized carbons (Fsp3) is 0.674. The lowest BCUT2D eigenvalue weighted by Crippen LogP contribution is -2.72. The van der Waals surface area contributed by atoms with Crippen LogP contribution in [-0.2, 0) is 38.1 Å². The van der Waals surface area contributed by atoms with E-state index in [1.165, 1.54) is 0 Å². The van der Waals surface area contributed by atoms with Gasteiger partial charge in [0.25, 0.3) is 6.47 Å². The summed E-state index contributed by atoms with van der Waals surface area (Å²) in [5.74, 6) is 14.9. The average molecular weight is 749 g/mol. The van der Waals surface area contributed by atoms with Gasteiger partial charge in [0.2, 0.25) is 0 Å². The lowest BCUT2D eigenvalue weighted by Gasteiger charge is -2.59. The van der Waals surface area contributed by atoms with Crippen molar-refractivity contribution in [3.63, 3.8) is 0 Å². The molecule has 1 heterocycles. The van der Waals surface area contributed by atoms with Gasteiger partial charge in [-0.25, -0.2) is 14.4 Å². The molecule has 0 aromatic heterocycles. The van der Waals surface area contributed by atoms with E-state index in [0.29, 0.717) is 6.47 Å². The Hall–Kier alpha value is -4.20. The van der Waals surface area contributed by atoms with Crippen LogP contribution in [0.15, 0.2) is 24.3 Å². The summed E-state index contributed by atoms with van der Waals surface area (Å²) in [6.07, 6.45) is -0.790. The molecule has 0 aromatic carbocycles. The lowest BCUT2D eigenvalue weighted by atomic mass is 9.55. The standard InChI is InChI=1S/C22H26O5.C16H28O5.2C2H6.CH4.H2/c1-10-11-12-13-14-15-21(8,25-17(23)16(2)3)22(9)19(4,5)26-18(24)27-20(22,6)7;1-11(2)12(18)21-15(7,8)16(9,13(3,4)19)14(5,6)20-10-17;2*1-2;;/h2H2,1,3-9H3;10,19H,1H2,2-9H3;2*1-2H3;1H4;1H. The van der Waals surface area contributed by atoms with Crippen molar-refractivity contribution in [1.29, 1.82) is 0 Å². The van der Waals surface area contributed by atoms with Crippen molar-refractivity contribution in [2.45, 2.75) is 180 Å². The van der Waals surface area contributed by atoms with E-state index in [2.05, 4.69) is 48.7 Å². The van der Waals surface area contributed by atoms with E-state index in [1.807, 2.05) is 27.7 Å². The molecule has 0 spiro atoms. The van der Waals surface area contributed by atoms with E-state index in [0.717, 1.165) is 0 Å². The molecule has 53 heavy (non-hydrogen) atoms. The van der Waals surface area contributed by atoms with E-state index in [9.17, 15) is 24.3 Å². The lowest BCUT2D eigenvalue weighted by molar-refractivity contribution is -0.275. The minimum Gasteiger partial charge on any atom is -0.461 e. The van der Waals surface area contributed by atoms with Crippen LogP contribution in [0.2, 0.25) is 0 Å². The second-order valence-electron chi connectivity index (χ2n) is 14.8. The Morgan fingerprint density at radius 3 is 1.47 bits per heavy atom. The summed E-state index contributed by atoms with van der Waals surface area (Å²) in [6, 6.07) is 0. The third-order valence-electron chi connectivity index (χ3n) is 9.97. The summed E-state index contributed by atoms with van der Waals surface area (Å²) < 4.78 is 27.4. The maximum absolute atomic E-state index is 12.4. The first-order chi connectivity index (χ1) is 23.4. The quantitative estimate of drug-likeness (QED) is 0.0758. The minimum absolute atomic E-state index is 0. The molecule has 10 heteroatoms. The van der Waals surface area contributed by atoms with Crippen LogP contribution in [0.5, 0.6) is 0 Å². The third kappa shape index (κ3) is 12.4. The van der Waals surface area contributed by atoms with Crippen LogP contribution < -0.4 is 0 Å². The third-order valence-corrected chi connectivity index (χ3v) is 9.97. The fourth-order valence-corrected chi connectivity index (χ4v) is 6.17. The molecule has 2 atom stereocenters. The molecule has 0 radical (unpaired) electrons.